The Hall–Kier alpha value is -1.36. The van der Waals surface area contributed by atoms with Crippen LogP contribution in [0.3, 0.4) is 0 Å². The number of aliphatic carboxylic acids is 1. The summed E-state index contributed by atoms with van der Waals surface area (Å²) in [7, 11) is 1.93. The fourth-order valence-electron chi connectivity index (χ4n) is 1.49. The molecule has 5 nitrogen and oxygen atoms in total. The topological polar surface area (TPSA) is 58.4 Å². The van der Waals surface area contributed by atoms with Crippen LogP contribution in [0.1, 0.15) is 31.9 Å². The highest BCUT2D eigenvalue weighted by molar-refractivity contribution is 5.66. The second kappa shape index (κ2) is 5.65. The van der Waals surface area contributed by atoms with E-state index in [1.54, 1.807) is 0 Å². The Balaban J connectivity index is 2.55. The molecule has 0 bridgehead atoms. The minimum absolute atomic E-state index is 0.169. The maximum absolute atomic E-state index is 10.5. The fraction of sp³-hybridized carbons (Fsp3) is 0.636. The lowest BCUT2D eigenvalue weighted by Gasteiger charge is -2.22. The SMILES string of the molecule is CCn1cc(C(C)N(C)CCC(=O)O)cn1. The number of nitrogens with zero attached hydrogens (tertiary/aromatic N) is 3. The highest BCUT2D eigenvalue weighted by Gasteiger charge is 2.14. The second-order valence-electron chi connectivity index (χ2n) is 3.93. The average molecular weight is 225 g/mol. The molecule has 1 rings (SSSR count). The second-order valence-corrected chi connectivity index (χ2v) is 3.93. The summed E-state index contributed by atoms with van der Waals surface area (Å²) in [4.78, 5) is 12.5. The van der Waals surface area contributed by atoms with Gasteiger partial charge in [-0.2, -0.15) is 5.10 Å². The predicted octanol–water partition coefficient (Wildman–Crippen LogP) is 1.37. The molecule has 0 aliphatic carbocycles. The normalized spacial score (nSPS) is 13.0. The molecule has 1 unspecified atom stereocenters. The molecular formula is C11H19N3O2. The first-order valence-corrected chi connectivity index (χ1v) is 5.49. The first-order chi connectivity index (χ1) is 7.54. The van der Waals surface area contributed by atoms with E-state index < -0.39 is 5.97 Å². The van der Waals surface area contributed by atoms with Gasteiger partial charge in [-0.15, -0.1) is 0 Å². The zero-order valence-corrected chi connectivity index (χ0v) is 10.1. The van der Waals surface area contributed by atoms with Crippen molar-refractivity contribution in [2.75, 3.05) is 13.6 Å². The minimum Gasteiger partial charge on any atom is -0.481 e. The van der Waals surface area contributed by atoms with E-state index in [-0.39, 0.29) is 12.5 Å². The van der Waals surface area contributed by atoms with Gasteiger partial charge in [0.05, 0.1) is 12.6 Å². The van der Waals surface area contributed by atoms with Gasteiger partial charge in [-0.3, -0.25) is 14.4 Å². The maximum Gasteiger partial charge on any atom is 0.304 e. The van der Waals surface area contributed by atoms with E-state index in [2.05, 4.69) is 12.0 Å². The van der Waals surface area contributed by atoms with Gasteiger partial charge in [0.1, 0.15) is 0 Å². The van der Waals surface area contributed by atoms with Crippen LogP contribution in [-0.2, 0) is 11.3 Å². The highest BCUT2D eigenvalue weighted by Crippen LogP contribution is 2.17. The molecule has 0 saturated carbocycles. The first kappa shape index (κ1) is 12.7. The van der Waals surface area contributed by atoms with Gasteiger partial charge in [-0.05, 0) is 20.9 Å². The number of aromatic nitrogens is 2. The van der Waals surface area contributed by atoms with Gasteiger partial charge in [0.15, 0.2) is 0 Å². The molecule has 1 atom stereocenters. The van der Waals surface area contributed by atoms with Crippen LogP contribution in [0.2, 0.25) is 0 Å². The van der Waals surface area contributed by atoms with E-state index in [9.17, 15) is 4.79 Å². The van der Waals surface area contributed by atoms with Gasteiger partial charge < -0.3 is 5.11 Å². The minimum atomic E-state index is -0.761. The summed E-state index contributed by atoms with van der Waals surface area (Å²) in [6.45, 7) is 5.49. The molecule has 0 amide bonds. The summed E-state index contributed by atoms with van der Waals surface area (Å²) in [6.07, 6.45) is 4.01. The molecule has 1 aromatic heterocycles. The smallest absolute Gasteiger partial charge is 0.304 e. The zero-order chi connectivity index (χ0) is 12.1. The van der Waals surface area contributed by atoms with Gasteiger partial charge in [0.25, 0.3) is 0 Å². The summed E-state index contributed by atoms with van der Waals surface area (Å²) >= 11 is 0. The Bertz CT molecular complexity index is 349. The first-order valence-electron chi connectivity index (χ1n) is 5.49. The number of carbonyl (C=O) groups is 1. The molecule has 5 heteroatoms. The lowest BCUT2D eigenvalue weighted by Crippen LogP contribution is -2.25. The van der Waals surface area contributed by atoms with Crippen LogP contribution in [0.5, 0.6) is 0 Å². The quantitative estimate of drug-likeness (QED) is 0.794. The van der Waals surface area contributed by atoms with Crippen molar-refractivity contribution in [1.29, 1.82) is 0 Å². The summed E-state index contributed by atoms with van der Waals surface area (Å²) in [5, 5.41) is 12.8. The molecule has 1 aromatic rings. The van der Waals surface area contributed by atoms with Crippen molar-refractivity contribution in [1.82, 2.24) is 14.7 Å². The van der Waals surface area contributed by atoms with Gasteiger partial charge in [-0.1, -0.05) is 0 Å². The van der Waals surface area contributed by atoms with E-state index in [4.69, 9.17) is 5.11 Å². The Morgan fingerprint density at radius 1 is 1.69 bits per heavy atom. The van der Waals surface area contributed by atoms with Crippen LogP contribution in [-0.4, -0.2) is 39.3 Å². The number of carboxylic acid groups (broad SMARTS) is 1. The van der Waals surface area contributed by atoms with Crippen molar-refractivity contribution in [2.24, 2.45) is 0 Å². The molecule has 90 valence electrons. The molecule has 0 aliphatic heterocycles. The van der Waals surface area contributed by atoms with Crippen molar-refractivity contribution in [2.45, 2.75) is 32.9 Å². The van der Waals surface area contributed by atoms with E-state index in [1.165, 1.54) is 0 Å². The van der Waals surface area contributed by atoms with E-state index >= 15 is 0 Å². The molecular weight excluding hydrogens is 206 g/mol. The van der Waals surface area contributed by atoms with Crippen LogP contribution >= 0.6 is 0 Å². The van der Waals surface area contributed by atoms with E-state index in [0.717, 1.165) is 12.1 Å². The number of rotatable bonds is 6. The molecule has 0 spiro atoms. The number of aryl methyl sites for hydroxylation is 1. The van der Waals surface area contributed by atoms with E-state index in [0.29, 0.717) is 6.54 Å². The van der Waals surface area contributed by atoms with Gasteiger partial charge in [0, 0.05) is 30.9 Å². The zero-order valence-electron chi connectivity index (χ0n) is 10.1. The molecule has 0 fully saturated rings. The van der Waals surface area contributed by atoms with Crippen molar-refractivity contribution in [3.63, 3.8) is 0 Å². The molecule has 1 heterocycles. The Morgan fingerprint density at radius 2 is 2.38 bits per heavy atom. The van der Waals surface area contributed by atoms with Crippen LogP contribution in [0.25, 0.3) is 0 Å². The lowest BCUT2D eigenvalue weighted by molar-refractivity contribution is -0.137. The van der Waals surface area contributed by atoms with Crippen molar-refractivity contribution in [3.8, 4) is 0 Å². The van der Waals surface area contributed by atoms with Gasteiger partial charge in [-0.25, -0.2) is 0 Å². The third-order valence-electron chi connectivity index (χ3n) is 2.80. The average Bonchev–Trinajstić information content (AvgIpc) is 2.73. The largest absolute Gasteiger partial charge is 0.481 e. The van der Waals surface area contributed by atoms with Gasteiger partial charge >= 0.3 is 5.97 Å². The summed E-state index contributed by atoms with van der Waals surface area (Å²) in [6, 6.07) is 0.194. The van der Waals surface area contributed by atoms with Crippen LogP contribution in [0.15, 0.2) is 12.4 Å². The monoisotopic (exact) mass is 225 g/mol. The van der Waals surface area contributed by atoms with Crippen LogP contribution in [0.4, 0.5) is 0 Å². The number of hydrogen-bond acceptors (Lipinski definition) is 3. The molecule has 1 N–H and O–H groups in total. The fourth-order valence-corrected chi connectivity index (χ4v) is 1.49. The summed E-state index contributed by atoms with van der Waals surface area (Å²) < 4.78 is 1.87. The Kier molecular flexibility index (Phi) is 4.49. The molecule has 0 radical (unpaired) electrons. The molecule has 0 saturated heterocycles. The van der Waals surface area contributed by atoms with Gasteiger partial charge in [0.2, 0.25) is 0 Å². The Labute approximate surface area is 95.7 Å². The Morgan fingerprint density at radius 3 is 2.88 bits per heavy atom. The van der Waals surface area contributed by atoms with Crippen molar-refractivity contribution < 1.29 is 9.90 Å². The maximum atomic E-state index is 10.5. The third kappa shape index (κ3) is 3.34. The van der Waals surface area contributed by atoms with Crippen LogP contribution in [0, 0.1) is 0 Å². The van der Waals surface area contributed by atoms with E-state index in [1.807, 2.05) is 35.9 Å². The molecule has 0 aromatic carbocycles. The highest BCUT2D eigenvalue weighted by atomic mass is 16.4. The number of hydrogen-bond donors (Lipinski definition) is 1. The van der Waals surface area contributed by atoms with Crippen molar-refractivity contribution in [3.05, 3.63) is 18.0 Å². The standard InChI is InChI=1S/C11H19N3O2/c1-4-14-8-10(7-12-14)9(2)13(3)6-5-11(15)16/h7-9H,4-6H2,1-3H3,(H,15,16). The third-order valence-corrected chi connectivity index (χ3v) is 2.80. The molecule has 16 heavy (non-hydrogen) atoms. The lowest BCUT2D eigenvalue weighted by atomic mass is 10.1. The predicted molar refractivity (Wildman–Crippen MR) is 61.2 cm³/mol. The molecule has 0 aliphatic rings. The number of carboxylic acids is 1. The van der Waals surface area contributed by atoms with Crippen LogP contribution < -0.4 is 0 Å². The summed E-state index contributed by atoms with van der Waals surface area (Å²) in [5.74, 6) is -0.761. The van der Waals surface area contributed by atoms with Crippen molar-refractivity contribution >= 4 is 5.97 Å². The summed E-state index contributed by atoms with van der Waals surface area (Å²) in [5.41, 5.74) is 1.12.